The van der Waals surface area contributed by atoms with Gasteiger partial charge in [0.05, 0.1) is 0 Å². The monoisotopic (exact) mass is 1190 g/mol. The van der Waals surface area contributed by atoms with Crippen molar-refractivity contribution in [3.63, 3.8) is 0 Å². The van der Waals surface area contributed by atoms with Crippen molar-refractivity contribution in [2.75, 3.05) is 45.9 Å². The van der Waals surface area contributed by atoms with Gasteiger partial charge in [-0.3, -0.25) is 0 Å². The molecule has 0 radical (unpaired) electrons. The van der Waals surface area contributed by atoms with E-state index in [4.69, 9.17) is 45.9 Å². The average Bonchev–Trinajstić information content (AvgIpc) is 0.905. The summed E-state index contributed by atoms with van der Waals surface area (Å²) < 4.78 is 164. The van der Waals surface area contributed by atoms with Crippen LogP contribution in [0.4, 0.5) is 98.2 Å². The van der Waals surface area contributed by atoms with Gasteiger partial charge in [-0.05, 0) is 154 Å². The zero-order valence-electron chi connectivity index (χ0n) is 48.2. The Hall–Kier alpha value is -8.68. The van der Waals surface area contributed by atoms with Gasteiger partial charge in [-0.1, -0.05) is 145 Å². The third-order valence-corrected chi connectivity index (χ3v) is 14.2. The topological polar surface area (TPSA) is 208 Å². The molecule has 0 heterocycles. The van der Waals surface area contributed by atoms with E-state index in [2.05, 4.69) is 90.1 Å². The molecule has 0 aliphatic rings. The summed E-state index contributed by atoms with van der Waals surface area (Å²) in [6, 6.07) is 42.8. The van der Waals surface area contributed by atoms with Gasteiger partial charge < -0.3 is 45.9 Å². The minimum atomic E-state index is -5.65. The lowest BCUT2D eigenvalue weighted by atomic mass is 9.72. The van der Waals surface area contributed by atoms with E-state index in [9.17, 15) is 52.7 Å². The van der Waals surface area contributed by atoms with Gasteiger partial charge in [-0.15, -0.1) is 0 Å². The highest BCUT2D eigenvalue weighted by molar-refractivity contribution is 5.58. The average molecular weight is 1190 g/mol. The number of alkyl halides is 12. The highest BCUT2D eigenvalue weighted by atomic mass is 19.4. The first kappa shape index (κ1) is 68.8. The van der Waals surface area contributed by atoms with E-state index in [0.29, 0.717) is 12.1 Å². The van der Waals surface area contributed by atoms with Crippen molar-refractivity contribution in [1.82, 2.24) is 0 Å². The largest absolute Gasteiger partial charge is 0.411 e. The number of anilines is 8. The summed E-state index contributed by atoms with van der Waals surface area (Å²) in [7, 11) is 0. The molecule has 0 amide bonds. The summed E-state index contributed by atoms with van der Waals surface area (Å²) in [5, 5.41) is 0. The lowest BCUT2D eigenvalue weighted by Gasteiger charge is -2.38. The van der Waals surface area contributed by atoms with Crippen molar-refractivity contribution in [3.8, 4) is 0 Å². The van der Waals surface area contributed by atoms with Crippen molar-refractivity contribution in [3.05, 3.63) is 238 Å². The zero-order chi connectivity index (χ0) is 64.3. The Bertz CT molecular complexity index is 3240. The molecular weight excluding hydrogens is 1120 g/mol. The fourth-order valence-corrected chi connectivity index (χ4v) is 9.22. The minimum Gasteiger partial charge on any atom is -0.399 e. The molecule has 0 aliphatic heterocycles. The molecule has 8 nitrogen and oxygen atoms in total. The van der Waals surface area contributed by atoms with Gasteiger partial charge in [0, 0.05) is 56.3 Å². The van der Waals surface area contributed by atoms with Crippen molar-refractivity contribution >= 4 is 45.5 Å². The summed E-state index contributed by atoms with van der Waals surface area (Å²) >= 11 is 0. The first-order chi connectivity index (χ1) is 39.2. The van der Waals surface area contributed by atoms with Crippen LogP contribution in [0.2, 0.25) is 0 Å². The molecule has 85 heavy (non-hydrogen) atoms. The lowest BCUT2D eigenvalue weighted by Crippen LogP contribution is -2.54. The van der Waals surface area contributed by atoms with Gasteiger partial charge in [0.2, 0.25) is 10.8 Å². The van der Waals surface area contributed by atoms with Crippen LogP contribution < -0.4 is 45.9 Å². The van der Waals surface area contributed by atoms with Gasteiger partial charge in [0.1, 0.15) is 0 Å². The predicted octanol–water partition coefficient (Wildman–Crippen LogP) is 16.9. The Balaban J connectivity index is 0.000000240. The molecule has 0 saturated carbocycles. The number of halogens is 12. The van der Waals surface area contributed by atoms with Crippen LogP contribution in [0.5, 0.6) is 0 Å². The maximum absolute atomic E-state index is 13.7. The highest BCUT2D eigenvalue weighted by Gasteiger charge is 2.73. The van der Waals surface area contributed by atoms with E-state index in [1.165, 1.54) is 40.8 Å². The minimum absolute atomic E-state index is 0.0595. The molecule has 16 N–H and O–H groups in total. The van der Waals surface area contributed by atoms with Crippen molar-refractivity contribution < 1.29 is 52.7 Å². The van der Waals surface area contributed by atoms with Crippen LogP contribution in [0.1, 0.15) is 104 Å². The molecule has 8 aromatic rings. The van der Waals surface area contributed by atoms with Crippen LogP contribution in [0, 0.1) is 13.8 Å². The van der Waals surface area contributed by atoms with Crippen molar-refractivity contribution in [2.45, 2.75) is 108 Å². The number of nitrogen functional groups attached to an aromatic ring is 8. The van der Waals surface area contributed by atoms with E-state index < -0.39 is 57.8 Å². The van der Waals surface area contributed by atoms with Gasteiger partial charge >= 0.3 is 24.7 Å². The number of benzene rings is 8. The SMILES string of the molecule is CC(C)(c1cccc(N)c1)c1cccc(N)c1.CCC.Cc1ccc(C(C)(C)c2ccc(C)c(N)c2)cc1N.Nc1ccc(C(c2ccc(N)cc2)(C(F)(F)F)C(F)(F)F)cc1.Nc1cccc(C(c2cccc(N)c2)(C(F)(F)F)C(F)(F)F)c1. The molecule has 0 aromatic heterocycles. The van der Waals surface area contributed by atoms with Crippen LogP contribution in [0.15, 0.2) is 182 Å². The third kappa shape index (κ3) is 15.6. The second-order valence-electron chi connectivity index (χ2n) is 21.3. The number of aryl methyl sites for hydroxylation is 2. The molecule has 0 spiro atoms. The molecule has 456 valence electrons. The first-order valence-corrected chi connectivity index (χ1v) is 26.4. The Morgan fingerprint density at radius 3 is 0.718 bits per heavy atom. The maximum atomic E-state index is 13.7. The second kappa shape index (κ2) is 26.9. The maximum Gasteiger partial charge on any atom is 0.411 e. The van der Waals surface area contributed by atoms with Crippen LogP contribution >= 0.6 is 0 Å². The van der Waals surface area contributed by atoms with Crippen molar-refractivity contribution in [2.24, 2.45) is 0 Å². The molecule has 0 atom stereocenters. The van der Waals surface area contributed by atoms with E-state index in [1.807, 2.05) is 50.2 Å². The highest BCUT2D eigenvalue weighted by Crippen LogP contribution is 2.58. The number of rotatable bonds is 8. The fraction of sp³-hybridized carbons (Fsp3) is 0.262. The summed E-state index contributed by atoms with van der Waals surface area (Å²) in [5.74, 6) is 0. The van der Waals surface area contributed by atoms with E-state index in [-0.39, 0.29) is 33.6 Å². The molecule has 8 aromatic carbocycles. The second-order valence-corrected chi connectivity index (χ2v) is 21.3. The summed E-state index contributed by atoms with van der Waals surface area (Å²) in [4.78, 5) is 0. The number of hydrogen-bond acceptors (Lipinski definition) is 8. The third-order valence-electron chi connectivity index (χ3n) is 14.2. The first-order valence-electron chi connectivity index (χ1n) is 26.4. The quantitative estimate of drug-likeness (QED) is 0.0541. The van der Waals surface area contributed by atoms with E-state index in [1.54, 1.807) is 0 Å². The number of hydrogen-bond donors (Lipinski definition) is 8. The summed E-state index contributed by atoms with van der Waals surface area (Å²) in [6.07, 6.45) is -21.3. The Kier molecular flexibility index (Phi) is 21.8. The zero-order valence-corrected chi connectivity index (χ0v) is 48.2. The van der Waals surface area contributed by atoms with E-state index in [0.717, 1.165) is 107 Å². The van der Waals surface area contributed by atoms with Crippen LogP contribution in [0.25, 0.3) is 0 Å². The summed E-state index contributed by atoms with van der Waals surface area (Å²) in [6.45, 7) is 17.0. The molecular formula is C65H72F12N8. The summed E-state index contributed by atoms with van der Waals surface area (Å²) in [5.41, 5.74) is 42.7. The smallest absolute Gasteiger partial charge is 0.399 e. The Morgan fingerprint density at radius 2 is 0.482 bits per heavy atom. The van der Waals surface area contributed by atoms with Crippen molar-refractivity contribution in [1.29, 1.82) is 0 Å². The van der Waals surface area contributed by atoms with Gasteiger partial charge in [-0.2, -0.15) is 52.7 Å². The molecule has 8 rings (SSSR count). The molecule has 0 saturated heterocycles. The van der Waals surface area contributed by atoms with E-state index >= 15 is 0 Å². The fourth-order valence-electron chi connectivity index (χ4n) is 9.22. The van der Waals surface area contributed by atoms with Gasteiger partial charge in [0.25, 0.3) is 0 Å². The Morgan fingerprint density at radius 1 is 0.271 bits per heavy atom. The van der Waals surface area contributed by atoms with Gasteiger partial charge in [0.15, 0.2) is 0 Å². The normalized spacial score (nSPS) is 12.2. The lowest BCUT2D eigenvalue weighted by molar-refractivity contribution is -0.290. The molecule has 0 fully saturated rings. The molecule has 20 heteroatoms. The number of nitrogens with two attached hydrogens (primary N) is 8. The molecule has 0 unspecified atom stereocenters. The van der Waals surface area contributed by atoms with Crippen LogP contribution in [0.3, 0.4) is 0 Å². The standard InChI is InChI=1S/C17H22N2.2C15H12F6N2.C15H18N2.C3H8/c1-11-5-7-13(9-15(11)18)17(3,4)14-8-6-12(2)16(19)10-14;16-14(17,18)13(15(19,20)21,9-1-5-11(22)6-2-9)10-3-7-12(23)8-4-10;16-14(17,18)13(15(19,20)21,9-3-1-5-11(22)7-9)10-4-2-6-12(23)8-10;1-15(2,11-5-3-7-13(16)9-11)12-6-4-8-14(17)10-12;1-3-2/h5-10H,18-19H2,1-4H3;2*1-8H,22-23H2;3-10H,16-17H2,1-2H3;3H2,1-2H3. The van der Waals surface area contributed by atoms with Gasteiger partial charge in [-0.25, -0.2) is 0 Å². The predicted molar refractivity (Wildman–Crippen MR) is 322 cm³/mol. The Labute approximate surface area is 488 Å². The van der Waals surface area contributed by atoms with Crippen LogP contribution in [-0.4, -0.2) is 24.7 Å². The molecule has 0 aliphatic carbocycles. The molecule has 0 bridgehead atoms. The van der Waals surface area contributed by atoms with Crippen LogP contribution in [-0.2, 0) is 21.7 Å².